The van der Waals surface area contributed by atoms with Crippen molar-refractivity contribution >= 4 is 10.9 Å². The van der Waals surface area contributed by atoms with E-state index >= 15 is 0 Å². The molecule has 0 saturated carbocycles. The summed E-state index contributed by atoms with van der Waals surface area (Å²) in [6.07, 6.45) is 0. The molecule has 1 heterocycles. The summed E-state index contributed by atoms with van der Waals surface area (Å²) < 4.78 is 18.5. The van der Waals surface area contributed by atoms with Crippen molar-refractivity contribution in [3.63, 3.8) is 0 Å². The Balaban J connectivity index is 2.87. The summed E-state index contributed by atoms with van der Waals surface area (Å²) in [6, 6.07) is 4.90. The highest BCUT2D eigenvalue weighted by Gasteiger charge is 2.09. The number of benzene rings is 1. The van der Waals surface area contributed by atoms with Crippen LogP contribution in [-0.2, 0) is 0 Å². The standard InChI is InChI=1S/C11H10FNO2/c1-6-5-7-3-4-8(15-2)9(12)10(7)13-11(6)14/h3-5H,1-2H3,(H,13,14). The SMILES string of the molecule is COc1ccc2cc(C)c(=O)[nH]c2c1F. The third kappa shape index (κ3) is 1.48. The van der Waals surface area contributed by atoms with E-state index in [0.29, 0.717) is 10.9 Å². The number of halogens is 1. The number of ether oxygens (including phenoxy) is 1. The quantitative estimate of drug-likeness (QED) is 0.776. The van der Waals surface area contributed by atoms with Crippen LogP contribution in [0.5, 0.6) is 5.75 Å². The maximum absolute atomic E-state index is 13.7. The minimum Gasteiger partial charge on any atom is -0.494 e. The first-order chi connectivity index (χ1) is 7.13. The molecule has 0 aliphatic rings. The number of hydrogen-bond donors (Lipinski definition) is 1. The molecule has 0 fully saturated rings. The number of aryl methyl sites for hydroxylation is 1. The van der Waals surface area contributed by atoms with Crippen LogP contribution in [0.3, 0.4) is 0 Å². The van der Waals surface area contributed by atoms with Crippen molar-refractivity contribution in [1.82, 2.24) is 4.98 Å². The first-order valence-corrected chi connectivity index (χ1v) is 4.49. The number of fused-ring (bicyclic) bond motifs is 1. The average Bonchev–Trinajstić information content (AvgIpc) is 2.22. The number of aromatic nitrogens is 1. The zero-order valence-corrected chi connectivity index (χ0v) is 8.43. The molecule has 0 radical (unpaired) electrons. The van der Waals surface area contributed by atoms with Gasteiger partial charge in [-0.25, -0.2) is 4.39 Å². The second-order valence-electron chi connectivity index (χ2n) is 3.33. The summed E-state index contributed by atoms with van der Waals surface area (Å²) in [5.74, 6) is -0.408. The molecule has 1 aromatic heterocycles. The van der Waals surface area contributed by atoms with Crippen LogP contribution >= 0.6 is 0 Å². The Morgan fingerprint density at radius 2 is 2.13 bits per heavy atom. The van der Waals surface area contributed by atoms with Gasteiger partial charge in [0.25, 0.3) is 5.56 Å². The fraction of sp³-hybridized carbons (Fsp3) is 0.182. The molecule has 0 bridgehead atoms. The van der Waals surface area contributed by atoms with Crippen LogP contribution in [0.4, 0.5) is 4.39 Å². The molecule has 1 aromatic carbocycles. The highest BCUT2D eigenvalue weighted by Crippen LogP contribution is 2.23. The third-order valence-electron chi connectivity index (χ3n) is 2.33. The van der Waals surface area contributed by atoms with Crippen LogP contribution in [-0.4, -0.2) is 12.1 Å². The van der Waals surface area contributed by atoms with Gasteiger partial charge >= 0.3 is 0 Å². The highest BCUT2D eigenvalue weighted by atomic mass is 19.1. The molecule has 0 amide bonds. The maximum atomic E-state index is 13.7. The second-order valence-corrected chi connectivity index (χ2v) is 3.33. The van der Waals surface area contributed by atoms with Crippen LogP contribution < -0.4 is 10.3 Å². The summed E-state index contributed by atoms with van der Waals surface area (Å²) in [7, 11) is 1.39. The summed E-state index contributed by atoms with van der Waals surface area (Å²) in [5.41, 5.74) is 0.465. The molecule has 0 unspecified atom stereocenters. The van der Waals surface area contributed by atoms with E-state index in [0.717, 1.165) is 0 Å². The Kier molecular flexibility index (Phi) is 2.19. The minimum absolute atomic E-state index is 0.127. The van der Waals surface area contributed by atoms with Crippen molar-refractivity contribution in [2.45, 2.75) is 6.92 Å². The van der Waals surface area contributed by atoms with E-state index in [2.05, 4.69) is 4.98 Å². The molecular formula is C11H10FNO2. The van der Waals surface area contributed by atoms with E-state index in [1.807, 2.05) is 0 Å². The molecule has 0 aliphatic carbocycles. The van der Waals surface area contributed by atoms with Gasteiger partial charge < -0.3 is 9.72 Å². The summed E-state index contributed by atoms with van der Waals surface area (Å²) in [6.45, 7) is 1.68. The van der Waals surface area contributed by atoms with Crippen molar-refractivity contribution in [2.24, 2.45) is 0 Å². The van der Waals surface area contributed by atoms with E-state index in [1.54, 1.807) is 19.1 Å². The van der Waals surface area contributed by atoms with E-state index in [4.69, 9.17) is 4.74 Å². The van der Waals surface area contributed by atoms with Gasteiger partial charge in [-0.05, 0) is 25.1 Å². The van der Waals surface area contributed by atoms with Gasteiger partial charge in [0.1, 0.15) is 0 Å². The molecule has 2 aromatic rings. The normalized spacial score (nSPS) is 10.6. The van der Waals surface area contributed by atoms with Gasteiger partial charge in [0.2, 0.25) is 0 Å². The first-order valence-electron chi connectivity index (χ1n) is 4.49. The first kappa shape index (κ1) is 9.71. The fourth-order valence-electron chi connectivity index (χ4n) is 1.49. The third-order valence-corrected chi connectivity index (χ3v) is 2.33. The summed E-state index contributed by atoms with van der Waals surface area (Å²) in [5, 5.41) is 0.658. The lowest BCUT2D eigenvalue weighted by Gasteiger charge is -2.05. The molecule has 1 N–H and O–H groups in total. The number of H-pyrrole nitrogens is 1. The van der Waals surface area contributed by atoms with E-state index in [-0.39, 0.29) is 16.8 Å². The van der Waals surface area contributed by atoms with Crippen LogP contribution in [0.1, 0.15) is 5.56 Å². The van der Waals surface area contributed by atoms with Crippen molar-refractivity contribution in [1.29, 1.82) is 0 Å². The molecule has 0 saturated heterocycles. The van der Waals surface area contributed by atoms with Crippen molar-refractivity contribution < 1.29 is 9.13 Å². The Morgan fingerprint density at radius 3 is 2.80 bits per heavy atom. The number of rotatable bonds is 1. The number of aromatic amines is 1. The smallest absolute Gasteiger partial charge is 0.251 e. The lowest BCUT2D eigenvalue weighted by Crippen LogP contribution is -2.09. The van der Waals surface area contributed by atoms with Gasteiger partial charge in [-0.3, -0.25) is 4.79 Å². The van der Waals surface area contributed by atoms with Gasteiger partial charge in [-0.1, -0.05) is 0 Å². The monoisotopic (exact) mass is 207 g/mol. The van der Waals surface area contributed by atoms with Gasteiger partial charge in [0.05, 0.1) is 12.6 Å². The Labute approximate surface area is 85.5 Å². The lowest BCUT2D eigenvalue weighted by molar-refractivity contribution is 0.388. The van der Waals surface area contributed by atoms with Crippen LogP contribution in [0.15, 0.2) is 23.0 Å². The number of hydrogen-bond acceptors (Lipinski definition) is 2. The fourth-order valence-corrected chi connectivity index (χ4v) is 1.49. The summed E-state index contributed by atoms with van der Waals surface area (Å²) >= 11 is 0. The van der Waals surface area contributed by atoms with Gasteiger partial charge in [-0.15, -0.1) is 0 Å². The molecule has 2 rings (SSSR count). The molecule has 15 heavy (non-hydrogen) atoms. The maximum Gasteiger partial charge on any atom is 0.251 e. The second kappa shape index (κ2) is 3.38. The van der Waals surface area contributed by atoms with E-state index < -0.39 is 5.82 Å². The van der Waals surface area contributed by atoms with Crippen molar-refractivity contribution in [3.8, 4) is 5.75 Å². The topological polar surface area (TPSA) is 42.1 Å². The number of pyridine rings is 1. The minimum atomic E-state index is -0.535. The van der Waals surface area contributed by atoms with Gasteiger partial charge in [0, 0.05) is 10.9 Å². The predicted octanol–water partition coefficient (Wildman–Crippen LogP) is 1.98. The lowest BCUT2D eigenvalue weighted by atomic mass is 10.1. The average molecular weight is 207 g/mol. The molecule has 0 atom stereocenters. The Hall–Kier alpha value is -1.84. The van der Waals surface area contributed by atoms with E-state index in [1.165, 1.54) is 13.2 Å². The predicted molar refractivity (Wildman–Crippen MR) is 55.8 cm³/mol. The molecule has 3 nitrogen and oxygen atoms in total. The molecular weight excluding hydrogens is 197 g/mol. The van der Waals surface area contributed by atoms with Crippen LogP contribution in [0.2, 0.25) is 0 Å². The highest BCUT2D eigenvalue weighted by molar-refractivity contribution is 5.81. The van der Waals surface area contributed by atoms with Gasteiger partial charge in [-0.2, -0.15) is 0 Å². The summed E-state index contributed by atoms with van der Waals surface area (Å²) in [4.78, 5) is 13.8. The van der Waals surface area contributed by atoms with Crippen molar-refractivity contribution in [3.05, 3.63) is 39.9 Å². The van der Waals surface area contributed by atoms with Gasteiger partial charge in [0.15, 0.2) is 11.6 Å². The largest absolute Gasteiger partial charge is 0.494 e. The zero-order valence-electron chi connectivity index (χ0n) is 8.43. The van der Waals surface area contributed by atoms with E-state index in [9.17, 15) is 9.18 Å². The van der Waals surface area contributed by atoms with Crippen molar-refractivity contribution in [2.75, 3.05) is 7.11 Å². The molecule has 0 spiro atoms. The number of methoxy groups -OCH3 is 1. The number of nitrogens with one attached hydrogen (secondary N) is 1. The Morgan fingerprint density at radius 1 is 1.40 bits per heavy atom. The molecule has 4 heteroatoms. The molecule has 0 aliphatic heterocycles. The van der Waals surface area contributed by atoms with Crippen LogP contribution in [0, 0.1) is 12.7 Å². The molecule has 78 valence electrons. The zero-order chi connectivity index (χ0) is 11.0. The van der Waals surface area contributed by atoms with Crippen LogP contribution in [0.25, 0.3) is 10.9 Å². The Bertz CT molecular complexity index is 575.